The zero-order valence-electron chi connectivity index (χ0n) is 10.3. The molecule has 90 valence electrons. The van der Waals surface area contributed by atoms with Gasteiger partial charge in [-0.2, -0.15) is 0 Å². The van der Waals surface area contributed by atoms with Crippen LogP contribution in [0.2, 0.25) is 0 Å². The van der Waals surface area contributed by atoms with Crippen LogP contribution in [0.5, 0.6) is 0 Å². The summed E-state index contributed by atoms with van der Waals surface area (Å²) in [6.45, 7) is 5.51. The second kappa shape index (κ2) is 4.59. The smallest absolute Gasteiger partial charge is 0.328 e. The molecule has 0 fully saturated rings. The van der Waals surface area contributed by atoms with Crippen LogP contribution in [-0.4, -0.2) is 15.7 Å². The van der Waals surface area contributed by atoms with Gasteiger partial charge in [-0.1, -0.05) is 12.6 Å². The number of aryl methyl sites for hydroxylation is 2. The average Bonchev–Trinajstić information content (AvgIpc) is 2.55. The number of benzene rings is 1. The third-order valence-electron chi connectivity index (χ3n) is 3.05. The molecule has 0 saturated heterocycles. The molecule has 0 radical (unpaired) electrons. The number of aromatic nitrogens is 2. The number of nitrogens with two attached hydrogens (primary N) is 1. The summed E-state index contributed by atoms with van der Waals surface area (Å²) < 4.78 is 3.36. The first-order valence-electron chi connectivity index (χ1n) is 5.72. The Morgan fingerprint density at radius 3 is 2.71 bits per heavy atom. The van der Waals surface area contributed by atoms with Crippen molar-refractivity contribution in [3.05, 3.63) is 46.9 Å². The highest BCUT2D eigenvalue weighted by Crippen LogP contribution is 2.13. The molecule has 0 amide bonds. The minimum atomic E-state index is 0.0206. The first-order chi connectivity index (χ1) is 8.15. The molecule has 0 unspecified atom stereocenters. The third-order valence-corrected chi connectivity index (χ3v) is 3.05. The van der Waals surface area contributed by atoms with E-state index in [0.29, 0.717) is 0 Å². The van der Waals surface area contributed by atoms with E-state index in [9.17, 15) is 4.79 Å². The molecule has 0 aliphatic heterocycles. The molecule has 0 spiro atoms. The van der Waals surface area contributed by atoms with Gasteiger partial charge in [0.15, 0.2) is 0 Å². The van der Waals surface area contributed by atoms with Gasteiger partial charge in [-0.25, -0.2) is 4.79 Å². The van der Waals surface area contributed by atoms with E-state index in [1.165, 1.54) is 5.56 Å². The molecule has 1 aromatic carbocycles. The zero-order valence-corrected chi connectivity index (χ0v) is 10.3. The van der Waals surface area contributed by atoms with E-state index in [0.717, 1.165) is 24.1 Å². The van der Waals surface area contributed by atoms with E-state index in [1.54, 1.807) is 16.2 Å². The fourth-order valence-corrected chi connectivity index (χ4v) is 2.05. The Morgan fingerprint density at radius 2 is 2.00 bits per heavy atom. The lowest BCUT2D eigenvalue weighted by Crippen LogP contribution is -2.82. The van der Waals surface area contributed by atoms with Gasteiger partial charge in [0.1, 0.15) is 6.54 Å². The number of imidazole rings is 1. The van der Waals surface area contributed by atoms with E-state index in [1.807, 2.05) is 19.2 Å². The van der Waals surface area contributed by atoms with Crippen LogP contribution >= 0.6 is 0 Å². The fraction of sp³-hybridized carbons (Fsp3) is 0.308. The minimum Gasteiger partial charge on any atom is -0.339 e. The number of hydrogen-bond acceptors (Lipinski definition) is 1. The van der Waals surface area contributed by atoms with Crippen LogP contribution in [0.1, 0.15) is 5.56 Å². The summed E-state index contributed by atoms with van der Waals surface area (Å²) >= 11 is 0. The standard InChI is InChI=1S/C13H17N3O/c1-4-7-14-9-10-5-6-11-12(8-10)16(3)13(17)15(11)2/h4-6,8,14H,1,7,9H2,2-3H3/p+1. The molecule has 0 saturated carbocycles. The Morgan fingerprint density at radius 1 is 1.29 bits per heavy atom. The molecule has 0 aliphatic carbocycles. The summed E-state index contributed by atoms with van der Waals surface area (Å²) in [6, 6.07) is 6.16. The first-order valence-corrected chi connectivity index (χ1v) is 5.72. The van der Waals surface area contributed by atoms with Crippen molar-refractivity contribution in [2.45, 2.75) is 6.54 Å². The topological polar surface area (TPSA) is 43.5 Å². The van der Waals surface area contributed by atoms with Crippen molar-refractivity contribution in [1.29, 1.82) is 0 Å². The second-order valence-electron chi connectivity index (χ2n) is 4.24. The predicted octanol–water partition coefficient (Wildman–Crippen LogP) is 0.126. The monoisotopic (exact) mass is 232 g/mol. The summed E-state index contributed by atoms with van der Waals surface area (Å²) in [5.74, 6) is 0. The highest BCUT2D eigenvalue weighted by atomic mass is 16.1. The lowest BCUT2D eigenvalue weighted by atomic mass is 10.2. The number of fused-ring (bicyclic) bond motifs is 1. The highest BCUT2D eigenvalue weighted by molar-refractivity contribution is 5.76. The van der Waals surface area contributed by atoms with Crippen molar-refractivity contribution in [1.82, 2.24) is 9.13 Å². The molecule has 0 atom stereocenters. The van der Waals surface area contributed by atoms with Crippen LogP contribution in [0, 0.1) is 0 Å². The molecule has 2 aromatic rings. The number of rotatable bonds is 4. The van der Waals surface area contributed by atoms with Crippen molar-refractivity contribution in [2.24, 2.45) is 14.1 Å². The quantitative estimate of drug-likeness (QED) is 0.591. The molecular formula is C13H18N3O+. The van der Waals surface area contributed by atoms with E-state index in [4.69, 9.17) is 0 Å². The fourth-order valence-electron chi connectivity index (χ4n) is 2.05. The SMILES string of the molecule is C=CC[NH2+]Cc1ccc2c(c1)n(C)c(=O)n2C. The number of hydrogen-bond donors (Lipinski definition) is 1. The molecule has 2 N–H and O–H groups in total. The molecular weight excluding hydrogens is 214 g/mol. The Labute approximate surface area is 100 Å². The van der Waals surface area contributed by atoms with Gasteiger partial charge in [0.2, 0.25) is 0 Å². The van der Waals surface area contributed by atoms with Crippen molar-refractivity contribution >= 4 is 11.0 Å². The van der Waals surface area contributed by atoms with Gasteiger partial charge < -0.3 is 5.32 Å². The van der Waals surface area contributed by atoms with Crippen molar-refractivity contribution < 1.29 is 5.32 Å². The maximum Gasteiger partial charge on any atom is 0.328 e. The van der Waals surface area contributed by atoms with Gasteiger partial charge in [-0.15, -0.1) is 0 Å². The average molecular weight is 232 g/mol. The van der Waals surface area contributed by atoms with E-state index in [2.05, 4.69) is 24.0 Å². The van der Waals surface area contributed by atoms with E-state index in [-0.39, 0.29) is 5.69 Å². The molecule has 0 bridgehead atoms. The number of nitrogens with zero attached hydrogens (tertiary/aromatic N) is 2. The van der Waals surface area contributed by atoms with E-state index < -0.39 is 0 Å². The normalized spacial score (nSPS) is 10.9. The van der Waals surface area contributed by atoms with Gasteiger partial charge in [-0.05, 0) is 18.2 Å². The lowest BCUT2D eigenvalue weighted by Gasteiger charge is -2.01. The van der Waals surface area contributed by atoms with Gasteiger partial charge in [0, 0.05) is 19.7 Å². The minimum absolute atomic E-state index is 0.0206. The maximum atomic E-state index is 11.8. The van der Waals surface area contributed by atoms with Gasteiger partial charge >= 0.3 is 5.69 Å². The van der Waals surface area contributed by atoms with Gasteiger partial charge in [0.05, 0.1) is 17.6 Å². The molecule has 1 aromatic heterocycles. The molecule has 0 aliphatic rings. The summed E-state index contributed by atoms with van der Waals surface area (Å²) in [5.41, 5.74) is 3.21. The largest absolute Gasteiger partial charge is 0.339 e. The highest BCUT2D eigenvalue weighted by Gasteiger charge is 2.08. The van der Waals surface area contributed by atoms with Crippen molar-refractivity contribution in [3.8, 4) is 0 Å². The lowest BCUT2D eigenvalue weighted by molar-refractivity contribution is -0.662. The van der Waals surface area contributed by atoms with Crippen LogP contribution in [0.4, 0.5) is 0 Å². The van der Waals surface area contributed by atoms with Crippen LogP contribution in [0.3, 0.4) is 0 Å². The summed E-state index contributed by atoms with van der Waals surface area (Å²) in [6.07, 6.45) is 1.89. The molecule has 2 rings (SSSR count). The Kier molecular flexibility index (Phi) is 3.15. The van der Waals surface area contributed by atoms with Gasteiger partial charge in [0.25, 0.3) is 0 Å². The van der Waals surface area contributed by atoms with Gasteiger partial charge in [-0.3, -0.25) is 9.13 Å². The third kappa shape index (κ3) is 2.03. The van der Waals surface area contributed by atoms with Crippen molar-refractivity contribution in [2.75, 3.05) is 6.54 Å². The summed E-state index contributed by atoms with van der Waals surface area (Å²) in [4.78, 5) is 11.8. The Bertz CT molecular complexity index is 607. The van der Waals surface area contributed by atoms with Crippen LogP contribution in [0.15, 0.2) is 35.6 Å². The number of quaternary nitrogens is 1. The second-order valence-corrected chi connectivity index (χ2v) is 4.24. The Hall–Kier alpha value is -1.81. The van der Waals surface area contributed by atoms with Crippen LogP contribution < -0.4 is 11.0 Å². The molecule has 1 heterocycles. The Balaban J connectivity index is 2.40. The van der Waals surface area contributed by atoms with Crippen LogP contribution in [-0.2, 0) is 20.6 Å². The van der Waals surface area contributed by atoms with Crippen LogP contribution in [0.25, 0.3) is 11.0 Å². The predicted molar refractivity (Wildman–Crippen MR) is 68.9 cm³/mol. The summed E-state index contributed by atoms with van der Waals surface area (Å²) in [7, 11) is 3.61. The molecule has 4 nitrogen and oxygen atoms in total. The molecule has 17 heavy (non-hydrogen) atoms. The summed E-state index contributed by atoms with van der Waals surface area (Å²) in [5, 5.41) is 2.18. The zero-order chi connectivity index (χ0) is 12.4. The maximum absolute atomic E-state index is 11.8. The first kappa shape index (κ1) is 11.7. The van der Waals surface area contributed by atoms with E-state index >= 15 is 0 Å². The van der Waals surface area contributed by atoms with Crippen molar-refractivity contribution in [3.63, 3.8) is 0 Å². The molecule has 4 heteroatoms.